The molecule has 6 N–H and O–H groups in total. The molecule has 12 heteroatoms. The Morgan fingerprint density at radius 1 is 1.08 bits per heavy atom. The summed E-state index contributed by atoms with van der Waals surface area (Å²) in [5.41, 5.74) is 7.52. The van der Waals surface area contributed by atoms with E-state index in [1.807, 2.05) is 53.1 Å². The number of piperidine rings is 1. The van der Waals surface area contributed by atoms with Crippen molar-refractivity contribution < 1.29 is 17.9 Å². The molecule has 0 spiro atoms. The Hall–Kier alpha value is -4.16. The Balaban J connectivity index is 1.61. The van der Waals surface area contributed by atoms with Crippen LogP contribution in [0.25, 0.3) is 10.8 Å². The van der Waals surface area contributed by atoms with E-state index in [9.17, 15) is 13.2 Å². The predicted octanol–water partition coefficient (Wildman–Crippen LogP) is 2.83. The summed E-state index contributed by atoms with van der Waals surface area (Å²) in [7, 11) is -2.89. The molecular weight excluding hydrogens is 518 g/mol. The first-order chi connectivity index (χ1) is 18.7. The van der Waals surface area contributed by atoms with Gasteiger partial charge in [-0.05, 0) is 53.1 Å². The molecule has 0 aromatic heterocycles. The van der Waals surface area contributed by atoms with Crippen LogP contribution in [0, 0.1) is 5.41 Å². The Morgan fingerprint density at radius 3 is 2.38 bits per heavy atom. The van der Waals surface area contributed by atoms with Gasteiger partial charge in [0.15, 0.2) is 0 Å². The highest BCUT2D eigenvalue weighted by Gasteiger charge is 2.24. The summed E-state index contributed by atoms with van der Waals surface area (Å²) < 4.78 is 36.3. The van der Waals surface area contributed by atoms with E-state index >= 15 is 0 Å². The normalized spacial score (nSPS) is 15.3. The monoisotopic (exact) mass is 551 g/mol. The molecule has 0 radical (unpaired) electrons. The number of nitrogen functional groups attached to an aromatic ring is 1. The summed E-state index contributed by atoms with van der Waals surface area (Å²) in [6.07, 6.45) is 3.56. The first kappa shape index (κ1) is 27.9. The van der Waals surface area contributed by atoms with Crippen LogP contribution in [0.4, 0.5) is 4.79 Å². The Morgan fingerprint density at radius 2 is 1.74 bits per heavy atom. The molecule has 4 rings (SSSR count). The third-order valence-electron chi connectivity index (χ3n) is 6.45. The molecular formula is C27H33N7O4S. The molecule has 1 fully saturated rings. The van der Waals surface area contributed by atoms with E-state index < -0.39 is 22.3 Å². The molecule has 11 nitrogen and oxygen atoms in total. The standard InChI is InChI=1S/C27H33N7O4S/c1-3-31-34-14-12-24(13-15-34)38-23-10-8-19(9-11-23)25(32-39(36,37)33-27(35)30-2)20-6-4-18-5-7-21(26(28)29)17-22(18)16-20/h3-11,16-17,24-25,32H,12-15H2,1-2H3,(H3,28,29)(H2,30,33,35)/b31-3+. The fourth-order valence-corrected chi connectivity index (χ4v) is 5.46. The molecule has 3 aromatic rings. The zero-order chi connectivity index (χ0) is 28.0. The van der Waals surface area contributed by atoms with Crippen molar-refractivity contribution in [2.45, 2.75) is 31.9 Å². The molecule has 0 aliphatic carbocycles. The van der Waals surface area contributed by atoms with E-state index in [1.165, 1.54) is 7.05 Å². The molecule has 0 saturated carbocycles. The molecule has 1 atom stereocenters. The summed E-state index contributed by atoms with van der Waals surface area (Å²) in [4.78, 5) is 11.7. The maximum atomic E-state index is 12.8. The van der Waals surface area contributed by atoms with Crippen LogP contribution in [0.5, 0.6) is 5.75 Å². The number of benzene rings is 3. The van der Waals surface area contributed by atoms with E-state index in [0.29, 0.717) is 22.4 Å². The van der Waals surface area contributed by atoms with Crippen LogP contribution in [0.15, 0.2) is 65.8 Å². The van der Waals surface area contributed by atoms with Gasteiger partial charge in [0.05, 0.1) is 6.04 Å². The van der Waals surface area contributed by atoms with Crippen molar-refractivity contribution >= 4 is 39.1 Å². The fourth-order valence-electron chi connectivity index (χ4n) is 4.47. The lowest BCUT2D eigenvalue weighted by molar-refractivity contribution is 0.103. The Kier molecular flexibility index (Phi) is 8.67. The van der Waals surface area contributed by atoms with E-state index in [1.54, 1.807) is 30.5 Å². The Bertz CT molecular complexity index is 1470. The van der Waals surface area contributed by atoms with Gasteiger partial charge >= 0.3 is 16.2 Å². The number of rotatable bonds is 9. The van der Waals surface area contributed by atoms with Crippen LogP contribution in [0.3, 0.4) is 0 Å². The SMILES string of the molecule is C/C=N/N1CCC(Oc2ccc(C(NS(=O)(=O)NC(=O)NC)c3ccc4ccc(C(=N)N)cc4c3)cc2)CC1. The van der Waals surface area contributed by atoms with Crippen LogP contribution >= 0.6 is 0 Å². The van der Waals surface area contributed by atoms with Gasteiger partial charge in [-0.2, -0.15) is 18.2 Å². The summed E-state index contributed by atoms with van der Waals surface area (Å²) >= 11 is 0. The van der Waals surface area contributed by atoms with Gasteiger partial charge in [-0.25, -0.2) is 9.52 Å². The molecule has 1 saturated heterocycles. The largest absolute Gasteiger partial charge is 0.490 e. The second-order valence-electron chi connectivity index (χ2n) is 9.18. The molecule has 206 valence electrons. The van der Waals surface area contributed by atoms with Gasteiger partial charge in [0, 0.05) is 44.8 Å². The van der Waals surface area contributed by atoms with E-state index in [0.717, 1.165) is 36.7 Å². The number of hydrogen-bond donors (Lipinski definition) is 5. The quantitative estimate of drug-likeness (QED) is 0.203. The van der Waals surface area contributed by atoms with Crippen molar-refractivity contribution in [2.75, 3.05) is 20.1 Å². The van der Waals surface area contributed by atoms with E-state index in [-0.39, 0.29) is 11.9 Å². The third kappa shape index (κ3) is 7.24. The van der Waals surface area contributed by atoms with Crippen molar-refractivity contribution in [2.24, 2.45) is 10.8 Å². The topological polar surface area (TPSA) is 162 Å². The number of hydrogen-bond acceptors (Lipinski definition) is 7. The van der Waals surface area contributed by atoms with Crippen molar-refractivity contribution in [3.05, 3.63) is 77.4 Å². The van der Waals surface area contributed by atoms with Gasteiger partial charge in [-0.3, -0.25) is 10.4 Å². The predicted molar refractivity (Wildman–Crippen MR) is 152 cm³/mol. The molecule has 1 aliphatic rings. The highest BCUT2D eigenvalue weighted by atomic mass is 32.2. The number of nitrogens with two attached hydrogens (primary N) is 1. The Labute approximate surface area is 228 Å². The average molecular weight is 552 g/mol. The summed E-state index contributed by atoms with van der Waals surface area (Å²) in [6.45, 7) is 3.54. The second-order valence-corrected chi connectivity index (χ2v) is 10.6. The third-order valence-corrected chi connectivity index (χ3v) is 7.45. The van der Waals surface area contributed by atoms with E-state index in [4.69, 9.17) is 15.9 Å². The molecule has 1 aliphatic heterocycles. The van der Waals surface area contributed by atoms with Crippen LogP contribution in [0.1, 0.15) is 42.5 Å². The lowest BCUT2D eigenvalue weighted by Crippen LogP contribution is -2.45. The molecule has 2 amide bonds. The van der Waals surface area contributed by atoms with Gasteiger partial charge in [0.1, 0.15) is 17.7 Å². The first-order valence-electron chi connectivity index (χ1n) is 12.6. The number of hydrazone groups is 1. The molecule has 1 unspecified atom stereocenters. The zero-order valence-corrected chi connectivity index (χ0v) is 22.7. The average Bonchev–Trinajstić information content (AvgIpc) is 2.92. The van der Waals surface area contributed by atoms with Gasteiger partial charge < -0.3 is 15.8 Å². The smallest absolute Gasteiger partial charge is 0.329 e. The molecule has 1 heterocycles. The van der Waals surface area contributed by atoms with Crippen molar-refractivity contribution in [1.29, 1.82) is 5.41 Å². The lowest BCUT2D eigenvalue weighted by Gasteiger charge is -2.30. The lowest BCUT2D eigenvalue weighted by atomic mass is 9.96. The number of nitrogens with one attached hydrogen (secondary N) is 4. The number of ether oxygens (including phenoxy) is 1. The van der Waals surface area contributed by atoms with Crippen LogP contribution in [-0.2, 0) is 10.2 Å². The second kappa shape index (κ2) is 12.1. The number of nitrogens with zero attached hydrogens (tertiary/aromatic N) is 2. The summed E-state index contributed by atoms with van der Waals surface area (Å²) in [5, 5.41) is 18.0. The number of urea groups is 1. The highest BCUT2D eigenvalue weighted by molar-refractivity contribution is 7.88. The minimum absolute atomic E-state index is 0.0614. The van der Waals surface area contributed by atoms with Crippen LogP contribution in [-0.4, -0.2) is 57.7 Å². The first-order valence-corrected chi connectivity index (χ1v) is 14.1. The van der Waals surface area contributed by atoms with Crippen LogP contribution in [0.2, 0.25) is 0 Å². The number of fused-ring (bicyclic) bond motifs is 1. The van der Waals surface area contributed by atoms with Gasteiger partial charge in [-0.15, -0.1) is 0 Å². The van der Waals surface area contributed by atoms with Gasteiger partial charge in [0.2, 0.25) is 0 Å². The van der Waals surface area contributed by atoms with Gasteiger partial charge in [0.25, 0.3) is 0 Å². The van der Waals surface area contributed by atoms with Crippen molar-refractivity contribution in [1.82, 2.24) is 19.8 Å². The van der Waals surface area contributed by atoms with Gasteiger partial charge in [-0.1, -0.05) is 36.4 Å². The maximum Gasteiger partial charge on any atom is 0.329 e. The summed E-state index contributed by atoms with van der Waals surface area (Å²) in [6, 6.07) is 16.5. The number of carbonyl (C=O) groups is 1. The molecule has 3 aromatic carbocycles. The van der Waals surface area contributed by atoms with E-state index in [2.05, 4.69) is 15.1 Å². The maximum absolute atomic E-state index is 12.8. The molecule has 0 bridgehead atoms. The fraction of sp³-hybridized carbons (Fsp3) is 0.296. The highest BCUT2D eigenvalue weighted by Crippen LogP contribution is 2.29. The summed E-state index contributed by atoms with van der Waals surface area (Å²) in [5.74, 6) is 0.625. The number of amides is 2. The molecule has 39 heavy (non-hydrogen) atoms. The minimum Gasteiger partial charge on any atom is -0.490 e. The van der Waals surface area contributed by atoms with Crippen molar-refractivity contribution in [3.63, 3.8) is 0 Å². The van der Waals surface area contributed by atoms with Crippen LogP contribution < -0.4 is 25.2 Å². The number of carbonyl (C=O) groups excluding carboxylic acids is 1. The zero-order valence-electron chi connectivity index (χ0n) is 21.8. The minimum atomic E-state index is -4.22. The van der Waals surface area contributed by atoms with Crippen molar-refractivity contribution in [3.8, 4) is 5.75 Å². The number of amidine groups is 1.